The van der Waals surface area contributed by atoms with Crippen LogP contribution in [0, 0.1) is 5.82 Å². The van der Waals surface area contributed by atoms with Gasteiger partial charge in [0, 0.05) is 10.3 Å². The van der Waals surface area contributed by atoms with E-state index in [0.717, 1.165) is 37.3 Å². The molecule has 1 amide bonds. The molecule has 1 aromatic heterocycles. The van der Waals surface area contributed by atoms with Gasteiger partial charge in [-0.2, -0.15) is 0 Å². The number of nitrogens with one attached hydrogen (secondary N) is 1. The summed E-state index contributed by atoms with van der Waals surface area (Å²) in [5, 5.41) is 13.8. The number of carboxylic acid groups (broad SMARTS) is 1. The van der Waals surface area contributed by atoms with E-state index in [1.807, 2.05) is 0 Å². The lowest BCUT2D eigenvalue weighted by Gasteiger charge is -2.17. The van der Waals surface area contributed by atoms with E-state index < -0.39 is 23.7 Å². The van der Waals surface area contributed by atoms with E-state index in [9.17, 15) is 19.1 Å². The number of carbonyl (C=O) groups excluding carboxylic acids is 1. The number of methoxy groups -OCH3 is 1. The molecule has 0 spiro atoms. The van der Waals surface area contributed by atoms with E-state index >= 15 is 0 Å². The van der Waals surface area contributed by atoms with Gasteiger partial charge in [-0.1, -0.05) is 6.07 Å². The van der Waals surface area contributed by atoms with Crippen LogP contribution in [-0.2, 0) is 17.6 Å². The molecule has 0 bridgehead atoms. The fourth-order valence-corrected chi connectivity index (χ4v) is 4.17. The average Bonchev–Trinajstić information content (AvgIpc) is 3.03. The molecular formula is C18H18FNO4S. The number of carbonyl (C=O) groups is 2. The Morgan fingerprint density at radius 1 is 1.32 bits per heavy atom. The van der Waals surface area contributed by atoms with Crippen LogP contribution in [0.2, 0.25) is 0 Å². The van der Waals surface area contributed by atoms with Crippen LogP contribution in [0.4, 0.5) is 4.39 Å². The summed E-state index contributed by atoms with van der Waals surface area (Å²) in [4.78, 5) is 25.4. The van der Waals surface area contributed by atoms with Crippen LogP contribution in [0.25, 0.3) is 0 Å². The number of thiophene rings is 1. The monoisotopic (exact) mass is 363 g/mol. The lowest BCUT2D eigenvalue weighted by molar-refractivity contribution is -0.139. The van der Waals surface area contributed by atoms with Crippen molar-refractivity contribution in [2.45, 2.75) is 31.7 Å². The average molecular weight is 363 g/mol. The Bertz CT molecular complexity index is 817. The van der Waals surface area contributed by atoms with Gasteiger partial charge >= 0.3 is 5.97 Å². The summed E-state index contributed by atoms with van der Waals surface area (Å²) in [6.45, 7) is 0. The minimum Gasteiger partial charge on any atom is -0.494 e. The van der Waals surface area contributed by atoms with Gasteiger partial charge in [0.15, 0.2) is 17.6 Å². The van der Waals surface area contributed by atoms with Crippen LogP contribution in [0.15, 0.2) is 23.6 Å². The van der Waals surface area contributed by atoms with Crippen molar-refractivity contribution in [2.75, 3.05) is 7.11 Å². The first-order valence-corrected chi connectivity index (χ1v) is 8.85. The summed E-state index contributed by atoms with van der Waals surface area (Å²) in [6.07, 6.45) is 3.92. The number of benzene rings is 1. The van der Waals surface area contributed by atoms with Gasteiger partial charge in [-0.05, 0) is 48.9 Å². The number of rotatable bonds is 5. The van der Waals surface area contributed by atoms with Crippen molar-refractivity contribution in [3.05, 3.63) is 51.0 Å². The zero-order valence-corrected chi connectivity index (χ0v) is 14.5. The van der Waals surface area contributed by atoms with Gasteiger partial charge in [-0.25, -0.2) is 9.18 Å². The minimum atomic E-state index is -1.33. The van der Waals surface area contributed by atoms with Crippen LogP contribution < -0.4 is 10.1 Å². The molecule has 2 aromatic rings. The number of hydrogen-bond acceptors (Lipinski definition) is 4. The highest BCUT2D eigenvalue weighted by molar-refractivity contribution is 7.10. The number of fused-ring (bicyclic) bond motifs is 1. The first-order valence-electron chi connectivity index (χ1n) is 7.97. The predicted molar refractivity (Wildman–Crippen MR) is 91.8 cm³/mol. The Kier molecular flexibility index (Phi) is 5.03. The molecule has 1 unspecified atom stereocenters. The second-order valence-corrected chi connectivity index (χ2v) is 6.86. The first-order chi connectivity index (χ1) is 12.0. The van der Waals surface area contributed by atoms with Crippen molar-refractivity contribution in [3.8, 4) is 5.75 Å². The zero-order chi connectivity index (χ0) is 18.0. The van der Waals surface area contributed by atoms with Gasteiger partial charge in [0.1, 0.15) is 0 Å². The first kappa shape index (κ1) is 17.4. The molecule has 132 valence electrons. The quantitative estimate of drug-likeness (QED) is 0.854. The van der Waals surface area contributed by atoms with Crippen LogP contribution in [0.1, 0.15) is 45.2 Å². The highest BCUT2D eigenvalue weighted by atomic mass is 32.1. The Morgan fingerprint density at radius 2 is 2.08 bits per heavy atom. The van der Waals surface area contributed by atoms with E-state index in [1.165, 1.54) is 35.5 Å². The Balaban J connectivity index is 1.85. The number of ether oxygens (including phenoxy) is 1. The molecule has 0 fully saturated rings. The molecular weight excluding hydrogens is 345 g/mol. The normalized spacial score (nSPS) is 14.5. The van der Waals surface area contributed by atoms with E-state index in [-0.39, 0.29) is 11.3 Å². The van der Waals surface area contributed by atoms with E-state index in [1.54, 1.807) is 5.38 Å². The smallest absolute Gasteiger partial charge is 0.330 e. The van der Waals surface area contributed by atoms with Crippen molar-refractivity contribution in [3.63, 3.8) is 0 Å². The Labute approximate surface area is 148 Å². The molecule has 0 saturated heterocycles. The molecule has 0 saturated carbocycles. The Morgan fingerprint density at radius 3 is 2.76 bits per heavy atom. The molecule has 1 aliphatic rings. The predicted octanol–water partition coefficient (Wildman–Crippen LogP) is 3.33. The maximum atomic E-state index is 13.9. The molecule has 7 heteroatoms. The molecule has 0 radical (unpaired) electrons. The van der Waals surface area contributed by atoms with Crippen LogP contribution >= 0.6 is 11.3 Å². The molecule has 1 aliphatic carbocycles. The maximum absolute atomic E-state index is 13.9. The lowest BCUT2D eigenvalue weighted by Crippen LogP contribution is -2.34. The van der Waals surface area contributed by atoms with E-state index in [2.05, 4.69) is 5.32 Å². The minimum absolute atomic E-state index is 0.0196. The molecule has 5 nitrogen and oxygen atoms in total. The summed E-state index contributed by atoms with van der Waals surface area (Å²) in [7, 11) is 1.33. The standard InChI is InChI=1S/C18H18FNO4S/c1-24-14-7-6-10(8-13(14)19)16(18(22)23)20-17(21)12-9-25-15-5-3-2-4-11(12)15/h6-9,16H,2-5H2,1H3,(H,20,21)(H,22,23). The SMILES string of the molecule is COc1ccc(C(NC(=O)c2csc3c2CCCC3)C(=O)O)cc1F. The van der Waals surface area contributed by atoms with Crippen LogP contribution in [0.5, 0.6) is 5.75 Å². The van der Waals surface area contributed by atoms with Crippen molar-refractivity contribution in [2.24, 2.45) is 0 Å². The van der Waals surface area contributed by atoms with Crippen molar-refractivity contribution in [1.82, 2.24) is 5.32 Å². The van der Waals surface area contributed by atoms with Gasteiger partial charge < -0.3 is 15.2 Å². The van der Waals surface area contributed by atoms with Gasteiger partial charge in [0.25, 0.3) is 5.91 Å². The van der Waals surface area contributed by atoms with Gasteiger partial charge in [0.2, 0.25) is 0 Å². The molecule has 0 aliphatic heterocycles. The highest BCUT2D eigenvalue weighted by Gasteiger charge is 2.27. The summed E-state index contributed by atoms with van der Waals surface area (Å²) in [5.74, 6) is -2.34. The second kappa shape index (κ2) is 7.23. The van der Waals surface area contributed by atoms with E-state index in [4.69, 9.17) is 4.74 Å². The zero-order valence-electron chi connectivity index (χ0n) is 13.7. The third-order valence-corrected chi connectivity index (χ3v) is 5.43. The molecule has 1 aromatic carbocycles. The molecule has 2 N–H and O–H groups in total. The second-order valence-electron chi connectivity index (χ2n) is 5.90. The van der Waals surface area contributed by atoms with Gasteiger partial charge in [-0.15, -0.1) is 11.3 Å². The number of halogens is 1. The summed E-state index contributed by atoms with van der Waals surface area (Å²) >= 11 is 1.53. The van der Waals surface area contributed by atoms with Crippen molar-refractivity contribution in [1.29, 1.82) is 0 Å². The molecule has 1 atom stereocenters. The fraction of sp³-hybridized carbons (Fsp3) is 0.333. The van der Waals surface area contributed by atoms with Gasteiger partial charge in [0.05, 0.1) is 12.7 Å². The molecule has 3 rings (SSSR count). The molecule has 1 heterocycles. The van der Waals surface area contributed by atoms with Crippen LogP contribution in [0.3, 0.4) is 0 Å². The van der Waals surface area contributed by atoms with E-state index in [0.29, 0.717) is 5.56 Å². The summed E-state index contributed by atoms with van der Waals surface area (Å²) < 4.78 is 18.7. The number of amides is 1. The number of carboxylic acids is 1. The van der Waals surface area contributed by atoms with Crippen molar-refractivity contribution >= 4 is 23.2 Å². The fourth-order valence-electron chi connectivity index (χ4n) is 3.04. The largest absolute Gasteiger partial charge is 0.494 e. The van der Waals surface area contributed by atoms with Crippen molar-refractivity contribution < 1.29 is 23.8 Å². The van der Waals surface area contributed by atoms with Crippen LogP contribution in [-0.4, -0.2) is 24.1 Å². The highest BCUT2D eigenvalue weighted by Crippen LogP contribution is 2.31. The van der Waals surface area contributed by atoms with Gasteiger partial charge in [-0.3, -0.25) is 4.79 Å². The number of aryl methyl sites for hydroxylation is 1. The summed E-state index contributed by atoms with van der Waals surface area (Å²) in [6, 6.07) is 2.52. The third kappa shape index (κ3) is 3.51. The lowest BCUT2D eigenvalue weighted by atomic mass is 9.95. The summed E-state index contributed by atoms with van der Waals surface area (Å²) in [5.41, 5.74) is 1.70. The molecule has 25 heavy (non-hydrogen) atoms. The maximum Gasteiger partial charge on any atom is 0.330 e. The Hall–Kier alpha value is -2.41. The topological polar surface area (TPSA) is 75.6 Å². The number of aliphatic carboxylic acids is 1. The third-order valence-electron chi connectivity index (χ3n) is 4.34. The number of hydrogen-bond donors (Lipinski definition) is 2.